The molecule has 0 spiro atoms. The number of carbonyl (C=O) groups is 1. The van der Waals surface area contributed by atoms with Crippen molar-refractivity contribution in [2.75, 3.05) is 11.5 Å². The highest BCUT2D eigenvalue weighted by molar-refractivity contribution is 7.92. The first-order valence-electron chi connectivity index (χ1n) is 6.16. The fourth-order valence-corrected chi connectivity index (χ4v) is 2.86. The second-order valence-corrected chi connectivity index (χ2v) is 6.80. The standard InChI is InChI=1S/C13H20N2O3S/c1-11(14)7-8-19(17,18)10-13(16)15-9-12-5-3-2-4-6-12/h2-6,11H,7-10,14H2,1H3,(H,15,16). The molecule has 1 rings (SSSR count). The minimum Gasteiger partial charge on any atom is -0.351 e. The van der Waals surface area contributed by atoms with E-state index in [1.807, 2.05) is 30.3 Å². The number of hydrogen-bond donors (Lipinski definition) is 2. The maximum absolute atomic E-state index is 11.6. The van der Waals surface area contributed by atoms with E-state index in [0.29, 0.717) is 13.0 Å². The largest absolute Gasteiger partial charge is 0.351 e. The van der Waals surface area contributed by atoms with E-state index in [0.717, 1.165) is 5.56 Å². The summed E-state index contributed by atoms with van der Waals surface area (Å²) in [5, 5.41) is 2.59. The molecular weight excluding hydrogens is 264 g/mol. The average Bonchev–Trinajstić information content (AvgIpc) is 2.35. The molecule has 0 saturated carbocycles. The number of rotatable bonds is 7. The molecule has 0 bridgehead atoms. The molecule has 6 heteroatoms. The predicted molar refractivity (Wildman–Crippen MR) is 75.2 cm³/mol. The molecule has 0 radical (unpaired) electrons. The molecule has 106 valence electrons. The van der Waals surface area contributed by atoms with Crippen molar-refractivity contribution in [1.29, 1.82) is 0 Å². The Morgan fingerprint density at radius 2 is 1.95 bits per heavy atom. The van der Waals surface area contributed by atoms with Crippen LogP contribution < -0.4 is 11.1 Å². The van der Waals surface area contributed by atoms with E-state index in [4.69, 9.17) is 5.73 Å². The predicted octanol–water partition coefficient (Wildman–Crippen LogP) is 0.455. The number of sulfone groups is 1. The van der Waals surface area contributed by atoms with E-state index in [1.165, 1.54) is 0 Å². The summed E-state index contributed by atoms with van der Waals surface area (Å²) in [6, 6.07) is 9.16. The first-order chi connectivity index (χ1) is 8.89. The topological polar surface area (TPSA) is 89.3 Å². The van der Waals surface area contributed by atoms with Gasteiger partial charge in [0.2, 0.25) is 5.91 Å². The third-order valence-corrected chi connectivity index (χ3v) is 4.13. The highest BCUT2D eigenvalue weighted by Crippen LogP contribution is 1.99. The van der Waals surface area contributed by atoms with Crippen LogP contribution >= 0.6 is 0 Å². The molecule has 0 heterocycles. The lowest BCUT2D eigenvalue weighted by Gasteiger charge is -2.08. The molecule has 0 aliphatic carbocycles. The molecule has 0 fully saturated rings. The van der Waals surface area contributed by atoms with Crippen molar-refractivity contribution in [2.45, 2.75) is 25.9 Å². The van der Waals surface area contributed by atoms with Crippen LogP contribution in [-0.2, 0) is 21.2 Å². The minimum absolute atomic E-state index is 0.0522. The molecule has 1 amide bonds. The second kappa shape index (κ2) is 7.25. The molecule has 0 aliphatic heterocycles. The Morgan fingerprint density at radius 1 is 1.32 bits per heavy atom. The van der Waals surface area contributed by atoms with Gasteiger partial charge in [0.15, 0.2) is 9.84 Å². The summed E-state index contributed by atoms with van der Waals surface area (Å²) in [5.74, 6) is -1.01. The number of hydrogen-bond acceptors (Lipinski definition) is 4. The van der Waals surface area contributed by atoms with Crippen molar-refractivity contribution < 1.29 is 13.2 Å². The first kappa shape index (κ1) is 15.7. The highest BCUT2D eigenvalue weighted by Gasteiger charge is 2.16. The van der Waals surface area contributed by atoms with Gasteiger partial charge in [0, 0.05) is 12.6 Å². The lowest BCUT2D eigenvalue weighted by molar-refractivity contribution is -0.118. The summed E-state index contributed by atoms with van der Waals surface area (Å²) < 4.78 is 23.3. The summed E-state index contributed by atoms with van der Waals surface area (Å²) in [6.07, 6.45) is 0.369. The van der Waals surface area contributed by atoms with Crippen LogP contribution in [-0.4, -0.2) is 31.9 Å². The first-order valence-corrected chi connectivity index (χ1v) is 7.98. The van der Waals surface area contributed by atoms with E-state index in [2.05, 4.69) is 5.32 Å². The summed E-state index contributed by atoms with van der Waals surface area (Å²) in [6.45, 7) is 2.08. The van der Waals surface area contributed by atoms with Gasteiger partial charge < -0.3 is 11.1 Å². The smallest absolute Gasteiger partial charge is 0.235 e. The Morgan fingerprint density at radius 3 is 2.53 bits per heavy atom. The van der Waals surface area contributed by atoms with Crippen molar-refractivity contribution >= 4 is 15.7 Å². The molecule has 0 aromatic heterocycles. The molecule has 5 nitrogen and oxygen atoms in total. The third kappa shape index (κ3) is 6.93. The zero-order valence-corrected chi connectivity index (χ0v) is 11.8. The van der Waals surface area contributed by atoms with E-state index in [9.17, 15) is 13.2 Å². The maximum atomic E-state index is 11.6. The molecule has 1 atom stereocenters. The normalized spacial score (nSPS) is 12.9. The number of amides is 1. The number of nitrogens with two attached hydrogens (primary N) is 1. The Labute approximate surface area is 114 Å². The summed E-state index contributed by atoms with van der Waals surface area (Å²) in [4.78, 5) is 11.6. The van der Waals surface area contributed by atoms with Crippen molar-refractivity contribution in [3.05, 3.63) is 35.9 Å². The average molecular weight is 284 g/mol. The van der Waals surface area contributed by atoms with Gasteiger partial charge >= 0.3 is 0 Å². The molecular formula is C13H20N2O3S. The van der Waals surface area contributed by atoms with Crippen molar-refractivity contribution in [3.8, 4) is 0 Å². The van der Waals surface area contributed by atoms with Crippen LogP contribution in [0.25, 0.3) is 0 Å². The fraction of sp³-hybridized carbons (Fsp3) is 0.462. The molecule has 3 N–H and O–H groups in total. The van der Waals surface area contributed by atoms with E-state index >= 15 is 0 Å². The Balaban J connectivity index is 2.38. The van der Waals surface area contributed by atoms with Crippen LogP contribution in [0.1, 0.15) is 18.9 Å². The molecule has 19 heavy (non-hydrogen) atoms. The van der Waals surface area contributed by atoms with Gasteiger partial charge in [-0.3, -0.25) is 4.79 Å². The summed E-state index contributed by atoms with van der Waals surface area (Å²) in [7, 11) is -3.37. The molecule has 1 aromatic rings. The number of carbonyl (C=O) groups excluding carboxylic acids is 1. The Bertz CT molecular complexity index is 498. The second-order valence-electron chi connectivity index (χ2n) is 4.62. The van der Waals surface area contributed by atoms with E-state index < -0.39 is 21.5 Å². The van der Waals surface area contributed by atoms with Crippen LogP contribution in [0.5, 0.6) is 0 Å². The number of benzene rings is 1. The van der Waals surface area contributed by atoms with Gasteiger partial charge in [-0.05, 0) is 18.9 Å². The van der Waals surface area contributed by atoms with Crippen molar-refractivity contribution in [2.24, 2.45) is 5.73 Å². The van der Waals surface area contributed by atoms with Crippen LogP contribution in [0.4, 0.5) is 0 Å². The van der Waals surface area contributed by atoms with Crippen molar-refractivity contribution in [3.63, 3.8) is 0 Å². The van der Waals surface area contributed by atoms with E-state index in [-0.39, 0.29) is 11.8 Å². The van der Waals surface area contributed by atoms with Gasteiger partial charge in [-0.1, -0.05) is 30.3 Å². The van der Waals surface area contributed by atoms with Crippen LogP contribution in [0.15, 0.2) is 30.3 Å². The lowest BCUT2D eigenvalue weighted by atomic mass is 10.2. The van der Waals surface area contributed by atoms with E-state index in [1.54, 1.807) is 6.92 Å². The zero-order chi connectivity index (χ0) is 14.3. The summed E-state index contributed by atoms with van der Waals surface area (Å²) in [5.41, 5.74) is 6.43. The quantitative estimate of drug-likeness (QED) is 0.761. The third-order valence-electron chi connectivity index (χ3n) is 2.57. The molecule has 1 aromatic carbocycles. The highest BCUT2D eigenvalue weighted by atomic mass is 32.2. The lowest BCUT2D eigenvalue weighted by Crippen LogP contribution is -2.32. The van der Waals surface area contributed by atoms with Gasteiger partial charge in [-0.2, -0.15) is 0 Å². The monoisotopic (exact) mass is 284 g/mol. The van der Waals surface area contributed by atoms with Gasteiger partial charge in [0.05, 0.1) is 5.75 Å². The maximum Gasteiger partial charge on any atom is 0.235 e. The molecule has 0 aliphatic rings. The van der Waals surface area contributed by atoms with Gasteiger partial charge in [-0.25, -0.2) is 8.42 Å². The minimum atomic E-state index is -3.37. The number of nitrogens with one attached hydrogen (secondary N) is 1. The van der Waals surface area contributed by atoms with Crippen LogP contribution in [0.3, 0.4) is 0 Å². The van der Waals surface area contributed by atoms with Gasteiger partial charge in [0.25, 0.3) is 0 Å². The SMILES string of the molecule is CC(N)CCS(=O)(=O)CC(=O)NCc1ccccc1. The van der Waals surface area contributed by atoms with Crippen LogP contribution in [0, 0.1) is 0 Å². The van der Waals surface area contributed by atoms with Gasteiger partial charge in [0.1, 0.15) is 5.75 Å². The summed E-state index contributed by atoms with van der Waals surface area (Å²) >= 11 is 0. The van der Waals surface area contributed by atoms with Crippen LogP contribution in [0.2, 0.25) is 0 Å². The Hall–Kier alpha value is -1.40. The van der Waals surface area contributed by atoms with Gasteiger partial charge in [-0.15, -0.1) is 0 Å². The molecule has 1 unspecified atom stereocenters. The van der Waals surface area contributed by atoms with Crippen molar-refractivity contribution in [1.82, 2.24) is 5.32 Å². The fourth-order valence-electron chi connectivity index (χ4n) is 1.48. The zero-order valence-electron chi connectivity index (χ0n) is 11.0. The molecule has 0 saturated heterocycles. The Kier molecular flexibility index (Phi) is 5.98.